The zero-order valence-electron chi connectivity index (χ0n) is 14.2. The zero-order chi connectivity index (χ0) is 17.9. The van der Waals surface area contributed by atoms with Crippen molar-refractivity contribution in [3.8, 4) is 11.5 Å². The lowest BCUT2D eigenvalue weighted by atomic mass is 10.1. The van der Waals surface area contributed by atoms with Gasteiger partial charge in [0, 0.05) is 43.9 Å². The van der Waals surface area contributed by atoms with Crippen LogP contribution in [0.3, 0.4) is 0 Å². The van der Waals surface area contributed by atoms with E-state index in [0.717, 1.165) is 37.4 Å². The number of amides is 2. The van der Waals surface area contributed by atoms with Crippen molar-refractivity contribution < 1.29 is 14.0 Å². The molecule has 0 spiro atoms. The van der Waals surface area contributed by atoms with E-state index in [2.05, 4.69) is 31.0 Å². The van der Waals surface area contributed by atoms with Crippen LogP contribution in [0.2, 0.25) is 0 Å². The largest absolute Gasteiger partial charge is 0.403 e. The number of piperazine rings is 1. The Hall–Kier alpha value is -2.94. The molecule has 2 saturated heterocycles. The second-order valence-electron chi connectivity index (χ2n) is 6.35. The fourth-order valence-electron chi connectivity index (χ4n) is 3.06. The van der Waals surface area contributed by atoms with E-state index >= 15 is 0 Å². The van der Waals surface area contributed by atoms with Gasteiger partial charge in [0.2, 0.25) is 17.7 Å². The highest BCUT2D eigenvalue weighted by Crippen LogP contribution is 2.24. The molecule has 1 aromatic carbocycles. The number of aromatic nitrogens is 2. The second-order valence-corrected chi connectivity index (χ2v) is 6.35. The van der Waals surface area contributed by atoms with Crippen molar-refractivity contribution in [2.45, 2.75) is 18.9 Å². The van der Waals surface area contributed by atoms with Crippen molar-refractivity contribution in [3.05, 3.63) is 24.3 Å². The molecular weight excluding hydrogens is 336 g/mol. The molecule has 2 amide bonds. The van der Waals surface area contributed by atoms with Gasteiger partial charge in [0.1, 0.15) is 6.04 Å². The number of rotatable bonds is 4. The first-order valence-corrected chi connectivity index (χ1v) is 8.69. The maximum Gasteiger partial charge on any atom is 0.318 e. The van der Waals surface area contributed by atoms with Crippen LogP contribution >= 0.6 is 0 Å². The number of hydrogen-bond donors (Lipinski definition) is 3. The average Bonchev–Trinajstić information content (AvgIpc) is 3.16. The summed E-state index contributed by atoms with van der Waals surface area (Å²) in [5, 5.41) is 17.0. The van der Waals surface area contributed by atoms with Crippen LogP contribution in [0.4, 0.5) is 11.7 Å². The third-order valence-corrected chi connectivity index (χ3v) is 4.51. The summed E-state index contributed by atoms with van der Waals surface area (Å²) >= 11 is 0. The highest BCUT2D eigenvalue weighted by atomic mass is 16.4. The Morgan fingerprint density at radius 1 is 1.12 bits per heavy atom. The van der Waals surface area contributed by atoms with Gasteiger partial charge in [0.25, 0.3) is 0 Å². The van der Waals surface area contributed by atoms with Crippen LogP contribution in [-0.4, -0.2) is 54.2 Å². The number of hydrogen-bond acceptors (Lipinski definition) is 8. The molecule has 2 aliphatic heterocycles. The number of carbonyl (C=O) groups excluding carboxylic acids is 2. The van der Waals surface area contributed by atoms with E-state index in [9.17, 15) is 9.59 Å². The summed E-state index contributed by atoms with van der Waals surface area (Å²) in [5.41, 5.74) is 1.61. The molecule has 0 bridgehead atoms. The molecule has 9 heteroatoms. The Morgan fingerprint density at radius 3 is 2.62 bits per heavy atom. The summed E-state index contributed by atoms with van der Waals surface area (Å²) in [4.78, 5) is 25.1. The summed E-state index contributed by atoms with van der Waals surface area (Å²) in [6.45, 7) is 3.49. The molecule has 1 unspecified atom stereocenters. The van der Waals surface area contributed by atoms with Crippen LogP contribution in [-0.2, 0) is 9.59 Å². The molecule has 0 aliphatic carbocycles. The molecule has 0 radical (unpaired) electrons. The van der Waals surface area contributed by atoms with E-state index in [4.69, 9.17) is 4.42 Å². The summed E-state index contributed by atoms with van der Waals surface area (Å²) in [7, 11) is 0. The predicted molar refractivity (Wildman–Crippen MR) is 94.6 cm³/mol. The molecule has 0 saturated carbocycles. The zero-order valence-corrected chi connectivity index (χ0v) is 14.2. The molecule has 1 atom stereocenters. The van der Waals surface area contributed by atoms with Gasteiger partial charge >= 0.3 is 6.01 Å². The number of nitrogens with one attached hydrogen (secondary N) is 3. The van der Waals surface area contributed by atoms with Gasteiger partial charge in [0.15, 0.2) is 0 Å². The van der Waals surface area contributed by atoms with Gasteiger partial charge in [-0.25, -0.2) is 0 Å². The van der Waals surface area contributed by atoms with Crippen molar-refractivity contribution in [3.63, 3.8) is 0 Å². The maximum atomic E-state index is 11.8. The monoisotopic (exact) mass is 356 g/mol. The van der Waals surface area contributed by atoms with Gasteiger partial charge in [-0.3, -0.25) is 14.9 Å². The Morgan fingerprint density at radius 2 is 1.88 bits per heavy atom. The van der Waals surface area contributed by atoms with Gasteiger partial charge in [-0.2, -0.15) is 0 Å². The lowest BCUT2D eigenvalue weighted by molar-refractivity contribution is -0.133. The minimum Gasteiger partial charge on any atom is -0.403 e. The Kier molecular flexibility index (Phi) is 4.53. The number of piperidine rings is 1. The van der Waals surface area contributed by atoms with Gasteiger partial charge < -0.3 is 20.0 Å². The average molecular weight is 356 g/mol. The van der Waals surface area contributed by atoms with Crippen LogP contribution in [0.25, 0.3) is 11.5 Å². The highest BCUT2D eigenvalue weighted by Gasteiger charge is 2.26. The van der Waals surface area contributed by atoms with E-state index in [0.29, 0.717) is 24.7 Å². The molecule has 2 aromatic rings. The maximum absolute atomic E-state index is 11.8. The fourth-order valence-corrected chi connectivity index (χ4v) is 3.06. The van der Waals surface area contributed by atoms with Gasteiger partial charge in [-0.1, -0.05) is 5.10 Å². The van der Waals surface area contributed by atoms with Crippen LogP contribution in [0.1, 0.15) is 12.8 Å². The topological polar surface area (TPSA) is 112 Å². The SMILES string of the molecule is O=C1CCC(Nc2ccc(-c3nnc(N4CCNCC4)o3)cc2)C(=O)N1. The van der Waals surface area contributed by atoms with Crippen molar-refractivity contribution in [2.75, 3.05) is 36.4 Å². The highest BCUT2D eigenvalue weighted by molar-refractivity contribution is 6.01. The van der Waals surface area contributed by atoms with Gasteiger partial charge in [-0.15, -0.1) is 5.10 Å². The van der Waals surface area contributed by atoms with Crippen LogP contribution in [0, 0.1) is 0 Å². The smallest absolute Gasteiger partial charge is 0.318 e. The predicted octanol–water partition coefficient (Wildman–Crippen LogP) is 0.363. The Bertz CT molecular complexity index is 797. The normalized spacial score (nSPS) is 20.8. The van der Waals surface area contributed by atoms with Crippen LogP contribution < -0.4 is 20.9 Å². The van der Waals surface area contributed by atoms with Crippen molar-refractivity contribution in [2.24, 2.45) is 0 Å². The lowest BCUT2D eigenvalue weighted by Crippen LogP contribution is -2.47. The number of nitrogens with zero attached hydrogens (tertiary/aromatic N) is 3. The van der Waals surface area contributed by atoms with E-state index in [1.165, 1.54) is 0 Å². The van der Waals surface area contributed by atoms with Crippen molar-refractivity contribution in [1.82, 2.24) is 20.8 Å². The number of imide groups is 1. The van der Waals surface area contributed by atoms with Crippen molar-refractivity contribution >= 4 is 23.5 Å². The number of benzene rings is 1. The molecule has 1 aromatic heterocycles. The summed E-state index contributed by atoms with van der Waals surface area (Å²) < 4.78 is 5.78. The minimum absolute atomic E-state index is 0.222. The standard InChI is InChI=1S/C17H20N6O3/c24-14-6-5-13(15(25)20-14)19-12-3-1-11(2-4-12)16-21-22-17(26-16)23-9-7-18-8-10-23/h1-4,13,18-19H,5-10H2,(H,20,24,25). The molecule has 3 N–H and O–H groups in total. The van der Waals surface area contributed by atoms with Crippen LogP contribution in [0.15, 0.2) is 28.7 Å². The van der Waals surface area contributed by atoms with E-state index in [1.54, 1.807) is 0 Å². The molecule has 26 heavy (non-hydrogen) atoms. The van der Waals surface area contributed by atoms with Crippen molar-refractivity contribution in [1.29, 1.82) is 0 Å². The number of carbonyl (C=O) groups is 2. The van der Waals surface area contributed by atoms with Gasteiger partial charge in [-0.05, 0) is 30.7 Å². The first kappa shape index (κ1) is 16.5. The summed E-state index contributed by atoms with van der Waals surface area (Å²) in [5.74, 6) is -0.0472. The first-order valence-electron chi connectivity index (χ1n) is 8.69. The Labute approximate surface area is 150 Å². The molecule has 2 aliphatic rings. The quantitative estimate of drug-likeness (QED) is 0.674. The molecular formula is C17H20N6O3. The van der Waals surface area contributed by atoms with Gasteiger partial charge in [0.05, 0.1) is 0 Å². The third kappa shape index (κ3) is 3.52. The lowest BCUT2D eigenvalue weighted by Gasteiger charge is -2.24. The van der Waals surface area contributed by atoms with E-state index in [1.807, 2.05) is 24.3 Å². The molecule has 136 valence electrons. The summed E-state index contributed by atoms with van der Waals surface area (Å²) in [6.07, 6.45) is 0.836. The second kappa shape index (κ2) is 7.12. The fraction of sp³-hybridized carbons (Fsp3) is 0.412. The van der Waals surface area contributed by atoms with Crippen LogP contribution in [0.5, 0.6) is 0 Å². The molecule has 2 fully saturated rings. The van der Waals surface area contributed by atoms with E-state index in [-0.39, 0.29) is 11.8 Å². The molecule has 4 rings (SSSR count). The van der Waals surface area contributed by atoms with E-state index < -0.39 is 6.04 Å². The molecule has 3 heterocycles. The third-order valence-electron chi connectivity index (χ3n) is 4.51. The Balaban J connectivity index is 1.42. The number of anilines is 2. The first-order chi connectivity index (χ1) is 12.7. The summed E-state index contributed by atoms with van der Waals surface area (Å²) in [6, 6.07) is 7.57. The minimum atomic E-state index is -0.402. The molecule has 9 nitrogen and oxygen atoms in total.